The fourth-order valence-electron chi connectivity index (χ4n) is 5.32. The highest BCUT2D eigenvalue weighted by molar-refractivity contribution is 6.06. The highest BCUT2D eigenvalue weighted by Gasteiger charge is 2.39. The lowest BCUT2D eigenvalue weighted by molar-refractivity contribution is -0.136. The van der Waals surface area contributed by atoms with Gasteiger partial charge in [-0.25, -0.2) is 4.79 Å². The van der Waals surface area contributed by atoms with E-state index in [4.69, 9.17) is 19.3 Å². The van der Waals surface area contributed by atoms with Crippen LogP contribution in [0.25, 0.3) is 0 Å². The monoisotopic (exact) mass is 610 g/mol. The van der Waals surface area contributed by atoms with E-state index in [0.717, 1.165) is 48.2 Å². The second kappa shape index (κ2) is 16.6. The van der Waals surface area contributed by atoms with Crippen LogP contribution in [0.5, 0.6) is 5.75 Å². The third-order valence-corrected chi connectivity index (χ3v) is 7.67. The van der Waals surface area contributed by atoms with Crippen LogP contribution in [0.3, 0.4) is 0 Å². The van der Waals surface area contributed by atoms with Crippen molar-refractivity contribution in [2.75, 3.05) is 44.9 Å². The van der Waals surface area contributed by atoms with Gasteiger partial charge in [-0.1, -0.05) is 24.6 Å². The molecule has 44 heavy (non-hydrogen) atoms. The number of piperidine rings is 1. The van der Waals surface area contributed by atoms with Gasteiger partial charge in [0.05, 0.1) is 32.5 Å². The van der Waals surface area contributed by atoms with Crippen molar-refractivity contribution in [3.05, 3.63) is 59.2 Å². The van der Waals surface area contributed by atoms with Crippen molar-refractivity contribution in [2.24, 2.45) is 0 Å². The fraction of sp³-hybridized carbons (Fsp3) is 0.500. The molecule has 4 amide bonds. The molecule has 2 aromatic carbocycles. The molecule has 12 heteroatoms. The maximum atomic E-state index is 12.9. The molecule has 2 aromatic rings. The lowest BCUT2D eigenvalue weighted by atomic mass is 10.0. The number of carbonyl (C=O) groups is 4. The number of imide groups is 1. The molecule has 0 aliphatic carbocycles. The maximum Gasteiger partial charge on any atom is 0.405 e. The Morgan fingerprint density at radius 1 is 1.00 bits per heavy atom. The summed E-state index contributed by atoms with van der Waals surface area (Å²) >= 11 is 0. The number of fused-ring (bicyclic) bond motifs is 1. The largest absolute Gasteiger partial charge is 0.494 e. The van der Waals surface area contributed by atoms with E-state index in [1.165, 1.54) is 0 Å². The zero-order valence-corrected chi connectivity index (χ0v) is 25.1. The second-order valence-electron chi connectivity index (χ2n) is 10.9. The minimum Gasteiger partial charge on any atom is -0.494 e. The molecule has 0 spiro atoms. The molecule has 0 aromatic heterocycles. The molecule has 4 N–H and O–H groups in total. The molecule has 12 nitrogen and oxygen atoms in total. The lowest BCUT2D eigenvalue weighted by Crippen LogP contribution is -2.52. The number of hydrogen-bond acceptors (Lipinski definition) is 8. The van der Waals surface area contributed by atoms with Gasteiger partial charge >= 0.3 is 6.09 Å². The van der Waals surface area contributed by atoms with Crippen LogP contribution in [0.1, 0.15) is 73.0 Å². The molecule has 2 unspecified atom stereocenters. The number of carboxylic acid groups (broad SMARTS) is 1. The molecule has 2 aliphatic rings. The van der Waals surface area contributed by atoms with Crippen molar-refractivity contribution in [1.82, 2.24) is 15.5 Å². The van der Waals surface area contributed by atoms with Crippen molar-refractivity contribution in [3.63, 3.8) is 0 Å². The number of rotatable bonds is 18. The minimum absolute atomic E-state index is 0.190. The van der Waals surface area contributed by atoms with E-state index in [1.54, 1.807) is 17.9 Å². The molecular weight excluding hydrogens is 568 g/mol. The first-order chi connectivity index (χ1) is 21.3. The average Bonchev–Trinajstić information content (AvgIpc) is 3.33. The summed E-state index contributed by atoms with van der Waals surface area (Å²) in [6.45, 7) is 5.45. The summed E-state index contributed by atoms with van der Waals surface area (Å²) < 4.78 is 17.2. The molecule has 0 saturated carbocycles. The van der Waals surface area contributed by atoms with Crippen molar-refractivity contribution in [2.45, 2.75) is 64.1 Å². The average molecular weight is 611 g/mol. The van der Waals surface area contributed by atoms with E-state index in [-0.39, 0.29) is 24.3 Å². The van der Waals surface area contributed by atoms with Gasteiger partial charge in [0.1, 0.15) is 11.8 Å². The van der Waals surface area contributed by atoms with Gasteiger partial charge in [0.2, 0.25) is 11.8 Å². The van der Waals surface area contributed by atoms with E-state index in [1.807, 2.05) is 36.4 Å². The van der Waals surface area contributed by atoms with Crippen molar-refractivity contribution in [1.29, 1.82) is 0 Å². The van der Waals surface area contributed by atoms with Crippen LogP contribution in [0.15, 0.2) is 42.5 Å². The van der Waals surface area contributed by atoms with E-state index in [2.05, 4.69) is 16.0 Å². The highest BCUT2D eigenvalue weighted by atomic mass is 16.5. The Morgan fingerprint density at radius 2 is 1.75 bits per heavy atom. The van der Waals surface area contributed by atoms with Crippen LogP contribution >= 0.6 is 0 Å². The molecule has 1 saturated heterocycles. The molecule has 2 atom stereocenters. The van der Waals surface area contributed by atoms with E-state index in [0.29, 0.717) is 58.1 Å². The Hall–Kier alpha value is -4.16. The maximum absolute atomic E-state index is 12.9. The first-order valence-corrected chi connectivity index (χ1v) is 15.2. The van der Waals surface area contributed by atoms with Gasteiger partial charge in [0.15, 0.2) is 0 Å². The van der Waals surface area contributed by atoms with E-state index >= 15 is 0 Å². The Kier molecular flexibility index (Phi) is 12.4. The molecule has 4 rings (SSSR count). The number of hydrogen-bond donors (Lipinski definition) is 4. The minimum atomic E-state index is -1.05. The molecular formula is C32H42N4O8. The number of nitrogens with one attached hydrogen (secondary N) is 3. The van der Waals surface area contributed by atoms with Gasteiger partial charge in [-0.05, 0) is 62.4 Å². The summed E-state index contributed by atoms with van der Waals surface area (Å²) in [7, 11) is 0. The Morgan fingerprint density at radius 3 is 2.52 bits per heavy atom. The summed E-state index contributed by atoms with van der Waals surface area (Å²) in [5.74, 6) is -0.171. The van der Waals surface area contributed by atoms with Crippen LogP contribution in [0, 0.1) is 0 Å². The van der Waals surface area contributed by atoms with E-state index in [9.17, 15) is 19.2 Å². The number of carbonyl (C=O) groups excluding carboxylic acids is 3. The molecule has 0 radical (unpaired) electrons. The van der Waals surface area contributed by atoms with Crippen molar-refractivity contribution in [3.8, 4) is 5.75 Å². The zero-order chi connectivity index (χ0) is 31.3. The topological polar surface area (TPSA) is 156 Å². The van der Waals surface area contributed by atoms with Crippen molar-refractivity contribution < 1.29 is 38.5 Å². The number of amides is 4. The van der Waals surface area contributed by atoms with E-state index < -0.39 is 18.0 Å². The van der Waals surface area contributed by atoms with Gasteiger partial charge in [0.25, 0.3) is 5.91 Å². The third-order valence-electron chi connectivity index (χ3n) is 7.67. The summed E-state index contributed by atoms with van der Waals surface area (Å²) in [5.41, 5.74) is 3.13. The zero-order valence-electron chi connectivity index (χ0n) is 25.1. The highest BCUT2D eigenvalue weighted by Crippen LogP contribution is 2.32. The summed E-state index contributed by atoms with van der Waals surface area (Å²) in [5, 5.41) is 17.0. The standard InChI is InChI=1S/C32H42N4O8/c1-22(34-32(40)41)23-8-6-9-24(20-23)44-16-5-3-2-4-15-42-18-19-43-17-14-33-27-11-7-10-25-26(27)21-36(31(25)39)28-12-13-29(37)35-30(28)38/h6-11,20,22,28,33-34H,2-5,12-19,21H2,1H3,(H,40,41)(H,35,37,38). The first kappa shape index (κ1) is 32.7. The quantitative estimate of drug-likeness (QED) is 0.145. The van der Waals surface area contributed by atoms with Crippen LogP contribution in [-0.4, -0.2) is 79.4 Å². The number of benzene rings is 2. The number of unbranched alkanes of at least 4 members (excludes halogenated alkanes) is 3. The summed E-state index contributed by atoms with van der Waals surface area (Å²) in [4.78, 5) is 49.1. The third kappa shape index (κ3) is 9.42. The van der Waals surface area contributed by atoms with Gasteiger partial charge in [-0.2, -0.15) is 0 Å². The smallest absolute Gasteiger partial charge is 0.405 e. The van der Waals surface area contributed by atoms with Gasteiger partial charge in [-0.15, -0.1) is 0 Å². The molecule has 1 fully saturated rings. The predicted octanol–water partition coefficient (Wildman–Crippen LogP) is 3.86. The first-order valence-electron chi connectivity index (χ1n) is 15.2. The lowest BCUT2D eigenvalue weighted by Gasteiger charge is -2.29. The Labute approximate surface area is 257 Å². The SMILES string of the molecule is CC(NC(=O)O)c1cccc(OCCCCCCOCCOCCNc2cccc3c2CN(C2CCC(=O)NC2=O)C3=O)c1. The van der Waals surface area contributed by atoms with Gasteiger partial charge in [0, 0.05) is 42.9 Å². The molecule has 0 bridgehead atoms. The Balaban J connectivity index is 1.01. The Bertz CT molecular complexity index is 1300. The summed E-state index contributed by atoms with van der Waals surface area (Å²) in [6.07, 6.45) is 3.47. The van der Waals surface area contributed by atoms with Crippen molar-refractivity contribution >= 4 is 29.5 Å². The second-order valence-corrected chi connectivity index (χ2v) is 10.9. The van der Waals surface area contributed by atoms with Gasteiger partial charge < -0.3 is 34.9 Å². The van der Waals surface area contributed by atoms with Crippen LogP contribution < -0.4 is 20.7 Å². The van der Waals surface area contributed by atoms with Crippen LogP contribution in [-0.2, 0) is 25.6 Å². The van der Waals surface area contributed by atoms with Gasteiger partial charge in [-0.3, -0.25) is 19.7 Å². The normalized spacial score (nSPS) is 16.8. The molecule has 238 valence electrons. The van der Waals surface area contributed by atoms with Crippen LogP contribution in [0.4, 0.5) is 10.5 Å². The summed E-state index contributed by atoms with van der Waals surface area (Å²) in [6, 6.07) is 12.0. The van der Waals surface area contributed by atoms with Crippen LogP contribution in [0.2, 0.25) is 0 Å². The molecule has 2 aliphatic heterocycles. The fourth-order valence-corrected chi connectivity index (χ4v) is 5.32. The number of anilines is 1. The number of ether oxygens (including phenoxy) is 3. The predicted molar refractivity (Wildman–Crippen MR) is 163 cm³/mol. The number of nitrogens with zero attached hydrogens (tertiary/aromatic N) is 1. The molecule has 2 heterocycles.